The third-order valence-corrected chi connectivity index (χ3v) is 0.860. The van der Waals surface area contributed by atoms with Gasteiger partial charge in [-0.15, -0.1) is 17.6 Å². The zero-order chi connectivity index (χ0) is 12.5. The molecule has 0 radical (unpaired) electrons. The summed E-state index contributed by atoms with van der Waals surface area (Å²) in [6, 6.07) is 0. The van der Waals surface area contributed by atoms with Gasteiger partial charge < -0.3 is 4.74 Å². The van der Waals surface area contributed by atoms with Crippen LogP contribution in [-0.2, 0) is 9.53 Å². The smallest absolute Gasteiger partial charge is 0.462 e. The Hall–Kier alpha value is -1.14. The van der Waals surface area contributed by atoms with Crippen molar-refractivity contribution in [3.05, 3.63) is 12.2 Å². The van der Waals surface area contributed by atoms with Gasteiger partial charge in [-0.05, 0) is 6.92 Å². The molecular formula is C10H19F5O2. The first-order chi connectivity index (χ1) is 6.68. The number of alkyl halides is 5. The van der Waals surface area contributed by atoms with Crippen LogP contribution in [0.5, 0.6) is 0 Å². The topological polar surface area (TPSA) is 26.3 Å². The van der Waals surface area contributed by atoms with E-state index in [9.17, 15) is 26.7 Å². The van der Waals surface area contributed by atoms with Gasteiger partial charge >= 0.3 is 12.4 Å². The van der Waals surface area contributed by atoms with Crippen LogP contribution in [0.25, 0.3) is 0 Å². The van der Waals surface area contributed by atoms with E-state index in [1.807, 2.05) is 0 Å². The molecule has 2 nitrogen and oxygen atoms in total. The quantitative estimate of drug-likeness (QED) is 0.330. The van der Waals surface area contributed by atoms with Crippen molar-refractivity contribution >= 4 is 5.97 Å². The maximum absolute atomic E-state index is 11.4. The van der Waals surface area contributed by atoms with Crippen LogP contribution in [-0.4, -0.2) is 25.7 Å². The lowest BCUT2D eigenvalue weighted by Gasteiger charge is -2.00. The standard InChI is InChI=1S/C7H11FO2.CF4.2CH4/c1-6(2)7(9)10-5-3-4-8;2-1(3,4)5;;/h1,3-5H2,2H3;;2*1H4. The van der Waals surface area contributed by atoms with Crippen molar-refractivity contribution in [1.82, 2.24) is 0 Å². The fourth-order valence-corrected chi connectivity index (χ4v) is 0.343. The SMILES string of the molecule is C.C.C=C(C)C(=O)OCCCF.FC(F)(F)F. The van der Waals surface area contributed by atoms with Crippen molar-refractivity contribution in [2.75, 3.05) is 13.3 Å². The van der Waals surface area contributed by atoms with E-state index in [0.29, 0.717) is 5.57 Å². The van der Waals surface area contributed by atoms with Gasteiger partial charge in [-0.25, -0.2) is 4.79 Å². The highest BCUT2D eigenvalue weighted by Crippen LogP contribution is 2.13. The maximum Gasteiger partial charge on any atom is 0.559 e. The molecule has 0 fully saturated rings. The summed E-state index contributed by atoms with van der Waals surface area (Å²) in [5, 5.41) is 0. The van der Waals surface area contributed by atoms with E-state index in [4.69, 9.17) is 0 Å². The van der Waals surface area contributed by atoms with E-state index in [2.05, 4.69) is 11.3 Å². The minimum atomic E-state index is -5.50. The zero-order valence-electron chi connectivity index (χ0n) is 8.03. The number of halogens is 5. The Morgan fingerprint density at radius 3 is 1.82 bits per heavy atom. The second-order valence-corrected chi connectivity index (χ2v) is 2.39. The molecule has 0 aliphatic heterocycles. The summed E-state index contributed by atoms with van der Waals surface area (Å²) in [6.07, 6.45) is -5.24. The Balaban J connectivity index is -0.000000105. The molecule has 0 atom stereocenters. The zero-order valence-corrected chi connectivity index (χ0v) is 8.03. The molecule has 0 amide bonds. The minimum Gasteiger partial charge on any atom is -0.462 e. The van der Waals surface area contributed by atoms with Crippen molar-refractivity contribution in [3.63, 3.8) is 0 Å². The van der Waals surface area contributed by atoms with Crippen molar-refractivity contribution in [1.29, 1.82) is 0 Å². The molecule has 0 rings (SSSR count). The highest BCUT2D eigenvalue weighted by Gasteiger charge is 2.24. The highest BCUT2D eigenvalue weighted by atomic mass is 19.5. The first-order valence-electron chi connectivity index (χ1n) is 3.82. The van der Waals surface area contributed by atoms with Gasteiger partial charge in [0, 0.05) is 12.0 Å². The van der Waals surface area contributed by atoms with E-state index < -0.39 is 19.1 Å². The molecule has 7 heteroatoms. The second kappa shape index (κ2) is 12.9. The Kier molecular flexibility index (Phi) is 18.9. The van der Waals surface area contributed by atoms with Gasteiger partial charge in [0.25, 0.3) is 0 Å². The lowest BCUT2D eigenvalue weighted by atomic mass is 10.4. The van der Waals surface area contributed by atoms with Crippen molar-refractivity contribution < 1.29 is 31.5 Å². The fraction of sp³-hybridized carbons (Fsp3) is 0.700. The van der Waals surface area contributed by atoms with E-state index in [1.165, 1.54) is 0 Å². The van der Waals surface area contributed by atoms with Gasteiger partial charge in [-0.1, -0.05) is 21.4 Å². The summed E-state index contributed by atoms with van der Waals surface area (Å²) in [4.78, 5) is 10.6. The first kappa shape index (κ1) is 24.9. The molecule has 0 bridgehead atoms. The molecule has 0 aromatic rings. The van der Waals surface area contributed by atoms with E-state index in [1.54, 1.807) is 6.92 Å². The van der Waals surface area contributed by atoms with Crippen LogP contribution in [0.15, 0.2) is 12.2 Å². The van der Waals surface area contributed by atoms with Gasteiger partial charge in [0.2, 0.25) is 0 Å². The Labute approximate surface area is 98.5 Å². The molecule has 0 saturated heterocycles. The van der Waals surface area contributed by atoms with Gasteiger partial charge in [0.1, 0.15) is 0 Å². The molecule has 0 aliphatic rings. The maximum atomic E-state index is 11.4. The summed E-state index contributed by atoms with van der Waals surface area (Å²) in [5.41, 5.74) is 0.346. The summed E-state index contributed by atoms with van der Waals surface area (Å²) in [7, 11) is 0. The monoisotopic (exact) mass is 266 g/mol. The van der Waals surface area contributed by atoms with E-state index >= 15 is 0 Å². The molecule has 17 heavy (non-hydrogen) atoms. The largest absolute Gasteiger partial charge is 0.559 e. The molecular weight excluding hydrogens is 247 g/mol. The molecule has 106 valence electrons. The summed E-state index contributed by atoms with van der Waals surface area (Å²) >= 11 is 0. The predicted molar refractivity (Wildman–Crippen MR) is 57.0 cm³/mol. The van der Waals surface area contributed by atoms with Crippen LogP contribution in [0.3, 0.4) is 0 Å². The number of hydrogen-bond donors (Lipinski definition) is 0. The average Bonchev–Trinajstić information content (AvgIpc) is 2.01. The van der Waals surface area contributed by atoms with Crippen LogP contribution in [0.4, 0.5) is 22.0 Å². The van der Waals surface area contributed by atoms with Crippen LogP contribution in [0, 0.1) is 0 Å². The summed E-state index contributed by atoms with van der Waals surface area (Å²) in [6.45, 7) is 4.61. The van der Waals surface area contributed by atoms with Gasteiger partial charge in [0.15, 0.2) is 0 Å². The van der Waals surface area contributed by atoms with E-state index in [-0.39, 0.29) is 27.9 Å². The number of carbonyl (C=O) groups is 1. The molecule has 0 unspecified atom stereocenters. The van der Waals surface area contributed by atoms with Crippen LogP contribution >= 0.6 is 0 Å². The van der Waals surface area contributed by atoms with Crippen LogP contribution < -0.4 is 0 Å². The third kappa shape index (κ3) is 39.8. The van der Waals surface area contributed by atoms with Crippen LogP contribution in [0.1, 0.15) is 28.2 Å². The number of hydrogen-bond acceptors (Lipinski definition) is 2. The Morgan fingerprint density at radius 1 is 1.24 bits per heavy atom. The minimum absolute atomic E-state index is 0. The molecule has 0 saturated carbocycles. The fourth-order valence-electron chi connectivity index (χ4n) is 0.343. The van der Waals surface area contributed by atoms with E-state index in [0.717, 1.165) is 0 Å². The molecule has 0 aliphatic carbocycles. The number of carbonyl (C=O) groups excluding carboxylic acids is 1. The molecule has 0 aromatic heterocycles. The Morgan fingerprint density at radius 2 is 1.59 bits per heavy atom. The molecule has 0 aromatic carbocycles. The van der Waals surface area contributed by atoms with Crippen molar-refractivity contribution in [3.8, 4) is 0 Å². The summed E-state index contributed by atoms with van der Waals surface area (Å²) < 4.78 is 54.7. The van der Waals surface area contributed by atoms with Crippen molar-refractivity contribution in [2.24, 2.45) is 0 Å². The lowest BCUT2D eigenvalue weighted by molar-refractivity contribution is -0.237. The third-order valence-electron chi connectivity index (χ3n) is 0.860. The number of ether oxygens (including phenoxy) is 1. The van der Waals surface area contributed by atoms with Gasteiger partial charge in [-0.3, -0.25) is 4.39 Å². The van der Waals surface area contributed by atoms with Crippen LogP contribution in [0.2, 0.25) is 0 Å². The van der Waals surface area contributed by atoms with Gasteiger partial charge in [-0.2, -0.15) is 0 Å². The van der Waals surface area contributed by atoms with Crippen molar-refractivity contribution in [2.45, 2.75) is 34.6 Å². The predicted octanol–water partition coefficient (Wildman–Crippen LogP) is 4.21. The normalized spacial score (nSPS) is 8.82. The molecule has 0 spiro atoms. The first-order valence-corrected chi connectivity index (χ1v) is 3.82. The lowest BCUT2D eigenvalue weighted by Crippen LogP contribution is -2.06. The summed E-state index contributed by atoms with van der Waals surface area (Å²) in [5.74, 6) is -0.451. The second-order valence-electron chi connectivity index (χ2n) is 2.39. The molecule has 0 N–H and O–H groups in total. The highest BCUT2D eigenvalue weighted by molar-refractivity contribution is 5.86. The number of rotatable bonds is 4. The molecule has 0 heterocycles. The average molecular weight is 266 g/mol. The van der Waals surface area contributed by atoms with Gasteiger partial charge in [0.05, 0.1) is 13.3 Å². The Bertz CT molecular complexity index is 195. The number of esters is 1.